The van der Waals surface area contributed by atoms with Crippen LogP contribution in [0.3, 0.4) is 0 Å². The lowest BCUT2D eigenvalue weighted by atomic mass is 9.64. The van der Waals surface area contributed by atoms with Gasteiger partial charge in [-0.1, -0.05) is 206 Å². The normalized spacial score (nSPS) is 16.0. The predicted octanol–water partition coefficient (Wildman–Crippen LogP) is 9.28. The van der Waals surface area contributed by atoms with Gasteiger partial charge < -0.3 is 4.90 Å². The molecule has 1 spiro atoms. The van der Waals surface area contributed by atoms with Gasteiger partial charge in [-0.25, -0.2) is 0 Å². The molecule has 1 aliphatic carbocycles. The quantitative estimate of drug-likeness (QED) is 0.128. The number of hydrogen-bond acceptors (Lipinski definition) is 1. The number of rotatable bonds is 4. The van der Waals surface area contributed by atoms with Crippen molar-refractivity contribution in [2.45, 2.75) is 5.41 Å². The molecular weight excluding hydrogens is 734 g/mol. The maximum absolute atomic E-state index is 2.87. The number of benzene rings is 9. The first-order chi connectivity index (χ1) is 28.8. The van der Waals surface area contributed by atoms with E-state index in [1.807, 2.05) is 0 Å². The predicted molar refractivity (Wildman–Crippen MR) is 248 cm³/mol. The largest absolute Gasteiger partial charge is 0.310 e. The highest BCUT2D eigenvalue weighted by atomic mass is 31.1. The van der Waals surface area contributed by atoms with Crippen molar-refractivity contribution >= 4 is 69.7 Å². The minimum absolute atomic E-state index is 0.446. The van der Waals surface area contributed by atoms with Crippen molar-refractivity contribution in [3.63, 3.8) is 0 Å². The summed E-state index contributed by atoms with van der Waals surface area (Å²) in [5.74, 6) is 0. The highest BCUT2D eigenvalue weighted by Gasteiger charge is 2.53. The number of anilines is 3. The van der Waals surface area contributed by atoms with E-state index in [0.29, 0.717) is 0 Å². The summed E-state index contributed by atoms with van der Waals surface area (Å²) in [6.45, 7) is 0. The second-order valence-electron chi connectivity index (χ2n) is 15.6. The van der Waals surface area contributed by atoms with Gasteiger partial charge in [0.15, 0.2) is 8.07 Å². The Kier molecular flexibility index (Phi) is 7.51. The van der Waals surface area contributed by atoms with Crippen molar-refractivity contribution in [1.82, 2.24) is 0 Å². The van der Waals surface area contributed by atoms with Gasteiger partial charge in [0.1, 0.15) is 0 Å². The molecule has 9 aromatic carbocycles. The second-order valence-corrected chi connectivity index (χ2v) is 21.5. The summed E-state index contributed by atoms with van der Waals surface area (Å²) in [5.41, 5.74) is 11.2. The average molecular weight is 772 g/mol. The van der Waals surface area contributed by atoms with Crippen molar-refractivity contribution in [3.05, 3.63) is 253 Å². The Morgan fingerprint density at radius 1 is 0.362 bits per heavy atom. The molecule has 0 N–H and O–H groups in total. The molecule has 0 aromatic heterocycles. The van der Waals surface area contributed by atoms with Crippen LogP contribution in [0.2, 0.25) is 0 Å². The Morgan fingerprint density at radius 3 is 1.40 bits per heavy atom. The molecule has 0 saturated carbocycles. The average Bonchev–Trinajstić information content (AvgIpc) is 3.60. The molecule has 1 nitrogen and oxygen atoms in total. The van der Waals surface area contributed by atoms with Gasteiger partial charge in [-0.15, -0.1) is 0 Å². The van der Waals surface area contributed by atoms with E-state index in [2.05, 4.69) is 235 Å². The highest BCUT2D eigenvalue weighted by molar-refractivity contribution is 7.81. The maximum atomic E-state index is 2.61. The van der Waals surface area contributed by atoms with Gasteiger partial charge in [-0.2, -0.15) is 0 Å². The lowest BCUT2D eigenvalue weighted by molar-refractivity contribution is 0.752. The number of para-hydroxylation sites is 2. The van der Waals surface area contributed by atoms with E-state index in [4.69, 9.17) is 0 Å². The van der Waals surface area contributed by atoms with Gasteiger partial charge in [-0.3, -0.25) is 0 Å². The highest BCUT2D eigenvalue weighted by Crippen LogP contribution is 2.63. The van der Waals surface area contributed by atoms with E-state index in [1.54, 1.807) is 0 Å². The van der Waals surface area contributed by atoms with Crippen molar-refractivity contribution < 1.29 is 0 Å². The van der Waals surface area contributed by atoms with Gasteiger partial charge in [0.25, 0.3) is 0 Å². The molecule has 2 heterocycles. The molecule has 3 heteroatoms. The topological polar surface area (TPSA) is 3.24 Å². The zero-order chi connectivity index (χ0) is 38.3. The summed E-state index contributed by atoms with van der Waals surface area (Å²) < 4.78 is 0. The van der Waals surface area contributed by atoms with Gasteiger partial charge in [0, 0.05) is 5.69 Å². The third-order valence-corrected chi connectivity index (χ3v) is 20.8. The van der Waals surface area contributed by atoms with Crippen LogP contribution in [0, 0.1) is 0 Å². The fourth-order valence-corrected chi connectivity index (χ4v) is 19.7. The summed E-state index contributed by atoms with van der Waals surface area (Å²) in [4.78, 5) is 2.57. The molecule has 0 bridgehead atoms. The Morgan fingerprint density at radius 2 is 0.810 bits per heavy atom. The molecule has 3 aliphatic rings. The van der Waals surface area contributed by atoms with Crippen LogP contribution in [0.4, 0.5) is 17.1 Å². The zero-order valence-electron chi connectivity index (χ0n) is 31.8. The molecular formula is C55H38NPSi. The molecule has 272 valence electrons. The third-order valence-electron chi connectivity index (χ3n) is 12.9. The standard InChI is InChI=1S/C55H38NPSi/c1-4-20-40(21-5-1)57-51-34-18-19-35-53(51)58(41-22-6-2-7-23-41,42-24-8-3-9-25-42)54-38-39(36-37-52(54)57)56-49-32-16-14-30-47(49)55(48-31-15-17-33-50(48)56)45-28-12-10-26-43(45)44-27-11-13-29-46(44)55/h1-38H. The van der Waals surface area contributed by atoms with Gasteiger partial charge in [0.05, 0.1) is 16.8 Å². The van der Waals surface area contributed by atoms with Crippen LogP contribution in [0.15, 0.2) is 231 Å². The Balaban J connectivity index is 1.18. The summed E-state index contributed by atoms with van der Waals surface area (Å²) in [6.07, 6.45) is 0. The lowest BCUT2D eigenvalue weighted by Crippen LogP contribution is -2.81. The Labute approximate surface area is 342 Å². The van der Waals surface area contributed by atoms with E-state index in [-0.39, 0.29) is 0 Å². The number of hydrogen-bond donors (Lipinski definition) is 0. The van der Waals surface area contributed by atoms with E-state index < -0.39 is 21.4 Å². The first kappa shape index (κ1) is 33.6. The molecule has 1 unspecified atom stereocenters. The van der Waals surface area contributed by atoms with Crippen molar-refractivity contribution in [2.75, 3.05) is 4.90 Å². The zero-order valence-corrected chi connectivity index (χ0v) is 33.7. The van der Waals surface area contributed by atoms with Crippen LogP contribution in [0.5, 0.6) is 0 Å². The molecule has 12 rings (SSSR count). The first-order valence-electron chi connectivity index (χ1n) is 20.2. The lowest BCUT2D eigenvalue weighted by Gasteiger charge is -2.46. The molecule has 0 amide bonds. The van der Waals surface area contributed by atoms with Crippen molar-refractivity contribution in [3.8, 4) is 11.1 Å². The second kappa shape index (κ2) is 13.0. The molecule has 2 aliphatic heterocycles. The summed E-state index contributed by atoms with van der Waals surface area (Å²) in [5, 5.41) is 10.1. The van der Waals surface area contributed by atoms with Gasteiger partial charge in [-0.05, 0) is 102 Å². The molecule has 9 aromatic rings. The molecule has 0 fully saturated rings. The molecule has 0 saturated heterocycles. The van der Waals surface area contributed by atoms with Crippen molar-refractivity contribution in [1.29, 1.82) is 0 Å². The smallest absolute Gasteiger partial charge is 0.181 e. The van der Waals surface area contributed by atoms with Crippen LogP contribution < -0.4 is 41.6 Å². The molecule has 58 heavy (non-hydrogen) atoms. The summed E-state index contributed by atoms with van der Waals surface area (Å²) >= 11 is 0. The van der Waals surface area contributed by atoms with Gasteiger partial charge in [0.2, 0.25) is 0 Å². The van der Waals surface area contributed by atoms with Crippen LogP contribution in [-0.4, -0.2) is 8.07 Å². The number of nitrogens with zero attached hydrogens (tertiary/aromatic N) is 1. The molecule has 1 atom stereocenters. The van der Waals surface area contributed by atoms with E-state index in [1.165, 1.54) is 87.1 Å². The summed E-state index contributed by atoms with van der Waals surface area (Å²) in [7, 11) is -3.69. The first-order valence-corrected chi connectivity index (χ1v) is 23.5. The fraction of sp³-hybridized carbons (Fsp3) is 0.0182. The van der Waals surface area contributed by atoms with Crippen molar-refractivity contribution in [2.24, 2.45) is 0 Å². The molecule has 0 radical (unpaired) electrons. The number of fused-ring (bicyclic) bond motifs is 11. The SMILES string of the molecule is c1ccc(P2c3ccccc3[Si](c3ccccc3)(c3ccccc3)c3cc(N4c5ccccc5C5(c6ccccc6-c6ccccc65)c5ccccc54)ccc32)cc1. The van der Waals surface area contributed by atoms with Crippen LogP contribution in [0.25, 0.3) is 11.1 Å². The van der Waals surface area contributed by atoms with Gasteiger partial charge >= 0.3 is 0 Å². The van der Waals surface area contributed by atoms with E-state index in [0.717, 1.165) is 0 Å². The minimum Gasteiger partial charge on any atom is -0.310 e. The van der Waals surface area contributed by atoms with E-state index in [9.17, 15) is 0 Å². The Bertz CT molecular complexity index is 2900. The monoisotopic (exact) mass is 771 g/mol. The minimum atomic E-state index is -2.87. The van der Waals surface area contributed by atoms with E-state index >= 15 is 0 Å². The third kappa shape index (κ3) is 4.45. The van der Waals surface area contributed by atoms with Crippen LogP contribution in [0.1, 0.15) is 22.3 Å². The van der Waals surface area contributed by atoms with Crippen LogP contribution in [-0.2, 0) is 5.41 Å². The van der Waals surface area contributed by atoms with Crippen LogP contribution >= 0.6 is 7.92 Å². The fourth-order valence-electron chi connectivity index (χ4n) is 10.8. The maximum Gasteiger partial charge on any atom is 0.181 e. The Hall–Kier alpha value is -6.57. The summed E-state index contributed by atoms with van der Waals surface area (Å²) in [6, 6.07) is 87.5.